The van der Waals surface area contributed by atoms with Gasteiger partial charge >= 0.3 is 0 Å². The van der Waals surface area contributed by atoms with E-state index in [1.54, 1.807) is 6.07 Å². The third-order valence-electron chi connectivity index (χ3n) is 4.00. The molecule has 4 nitrogen and oxygen atoms in total. The van der Waals surface area contributed by atoms with Crippen LogP contribution in [0.25, 0.3) is 0 Å². The molecule has 0 saturated carbocycles. The fourth-order valence-corrected chi connectivity index (χ4v) is 2.93. The molecule has 0 atom stereocenters. The lowest BCUT2D eigenvalue weighted by molar-refractivity contribution is 0.0970. The normalized spacial score (nSPS) is 13.9. The van der Waals surface area contributed by atoms with E-state index < -0.39 is 0 Å². The number of hydrogen-bond donors (Lipinski definition) is 1. The highest BCUT2D eigenvalue weighted by molar-refractivity contribution is 7.80. The van der Waals surface area contributed by atoms with Gasteiger partial charge in [-0.1, -0.05) is 38.3 Å². The van der Waals surface area contributed by atoms with Gasteiger partial charge in [-0.15, -0.1) is 0 Å². The molecule has 126 valence electrons. The standard InChI is InChI=1S/C18H26N2O2S/c1-2-3-4-9-14-22-16-11-6-5-10-15(16)17(21)19-18(23)20-12-7-8-13-20/h5-6,10-11H,2-4,7-9,12-14H2,1H3,(H,19,21,23). The molecule has 1 aromatic carbocycles. The van der Waals surface area contributed by atoms with Gasteiger partial charge < -0.3 is 9.64 Å². The molecule has 1 aromatic rings. The summed E-state index contributed by atoms with van der Waals surface area (Å²) in [6.45, 7) is 4.67. The van der Waals surface area contributed by atoms with Crippen molar-refractivity contribution in [1.82, 2.24) is 10.2 Å². The van der Waals surface area contributed by atoms with Crippen molar-refractivity contribution < 1.29 is 9.53 Å². The Hall–Kier alpha value is -1.62. The predicted molar refractivity (Wildman–Crippen MR) is 97.0 cm³/mol. The lowest BCUT2D eigenvalue weighted by atomic mass is 10.2. The number of benzene rings is 1. The van der Waals surface area contributed by atoms with E-state index in [0.717, 1.165) is 38.8 Å². The quantitative estimate of drug-likeness (QED) is 0.609. The largest absolute Gasteiger partial charge is 0.493 e. The van der Waals surface area contributed by atoms with Gasteiger partial charge in [-0.25, -0.2) is 0 Å². The average Bonchev–Trinajstić information content (AvgIpc) is 3.09. The topological polar surface area (TPSA) is 41.6 Å². The zero-order chi connectivity index (χ0) is 16.5. The van der Waals surface area contributed by atoms with Crippen molar-refractivity contribution in [1.29, 1.82) is 0 Å². The van der Waals surface area contributed by atoms with Crippen molar-refractivity contribution in [2.75, 3.05) is 19.7 Å². The maximum Gasteiger partial charge on any atom is 0.261 e. The molecule has 1 amide bonds. The molecule has 2 rings (SSSR count). The summed E-state index contributed by atoms with van der Waals surface area (Å²) in [5, 5.41) is 3.35. The van der Waals surface area contributed by atoms with Crippen molar-refractivity contribution in [3.8, 4) is 5.75 Å². The molecular formula is C18H26N2O2S. The van der Waals surface area contributed by atoms with Crippen LogP contribution in [0.5, 0.6) is 5.75 Å². The Morgan fingerprint density at radius 1 is 1.22 bits per heavy atom. The second kappa shape index (κ2) is 9.50. The molecule has 23 heavy (non-hydrogen) atoms. The Kier molecular flexibility index (Phi) is 7.33. The number of likely N-dealkylation sites (tertiary alicyclic amines) is 1. The second-order valence-electron chi connectivity index (χ2n) is 5.86. The van der Waals surface area contributed by atoms with Crippen LogP contribution in [0.2, 0.25) is 0 Å². The van der Waals surface area contributed by atoms with E-state index in [-0.39, 0.29) is 5.91 Å². The number of nitrogens with zero attached hydrogens (tertiary/aromatic N) is 1. The molecule has 1 saturated heterocycles. The number of carbonyl (C=O) groups excluding carboxylic acids is 1. The molecule has 5 heteroatoms. The van der Waals surface area contributed by atoms with Crippen molar-refractivity contribution in [2.45, 2.75) is 45.4 Å². The number of ether oxygens (including phenoxy) is 1. The Morgan fingerprint density at radius 3 is 2.70 bits per heavy atom. The molecule has 0 unspecified atom stereocenters. The SMILES string of the molecule is CCCCCCOc1ccccc1C(=O)NC(=S)N1CCCC1. The van der Waals surface area contributed by atoms with Crippen LogP contribution in [0.1, 0.15) is 55.8 Å². The summed E-state index contributed by atoms with van der Waals surface area (Å²) >= 11 is 5.32. The lowest BCUT2D eigenvalue weighted by Gasteiger charge is -2.19. The first-order valence-corrected chi connectivity index (χ1v) is 8.95. The first kappa shape index (κ1) is 17.7. The van der Waals surface area contributed by atoms with Gasteiger partial charge in [0.05, 0.1) is 12.2 Å². The van der Waals surface area contributed by atoms with Gasteiger partial charge in [-0.2, -0.15) is 0 Å². The molecule has 0 aliphatic carbocycles. The monoisotopic (exact) mass is 334 g/mol. The molecule has 1 aliphatic rings. The number of nitrogens with one attached hydrogen (secondary N) is 1. The minimum atomic E-state index is -0.189. The molecule has 0 bridgehead atoms. The lowest BCUT2D eigenvalue weighted by Crippen LogP contribution is -2.41. The van der Waals surface area contributed by atoms with E-state index in [2.05, 4.69) is 12.2 Å². The molecular weight excluding hydrogens is 308 g/mol. The van der Waals surface area contributed by atoms with Gasteiger partial charge in [-0.05, 0) is 43.6 Å². The van der Waals surface area contributed by atoms with Crippen LogP contribution in [0.15, 0.2) is 24.3 Å². The highest BCUT2D eigenvalue weighted by atomic mass is 32.1. The molecule has 0 aromatic heterocycles. The van der Waals surface area contributed by atoms with E-state index in [1.807, 2.05) is 23.1 Å². The first-order valence-electron chi connectivity index (χ1n) is 8.54. The van der Waals surface area contributed by atoms with E-state index in [1.165, 1.54) is 12.8 Å². The summed E-state index contributed by atoms with van der Waals surface area (Å²) < 4.78 is 5.79. The van der Waals surface area contributed by atoms with Crippen molar-refractivity contribution in [3.05, 3.63) is 29.8 Å². The molecule has 1 N–H and O–H groups in total. The van der Waals surface area contributed by atoms with Crippen LogP contribution >= 0.6 is 12.2 Å². The maximum absolute atomic E-state index is 12.5. The third-order valence-corrected chi connectivity index (χ3v) is 4.36. The second-order valence-corrected chi connectivity index (χ2v) is 6.25. The van der Waals surface area contributed by atoms with Crippen molar-refractivity contribution in [2.24, 2.45) is 0 Å². The van der Waals surface area contributed by atoms with Crippen LogP contribution in [0, 0.1) is 0 Å². The van der Waals surface area contributed by atoms with Crippen LogP contribution in [0.4, 0.5) is 0 Å². The van der Waals surface area contributed by atoms with E-state index >= 15 is 0 Å². The van der Waals surface area contributed by atoms with E-state index in [9.17, 15) is 4.79 Å². The summed E-state index contributed by atoms with van der Waals surface area (Å²) in [5.41, 5.74) is 0.546. The predicted octanol–water partition coefficient (Wildman–Crippen LogP) is 3.76. The number of para-hydroxylation sites is 1. The highest BCUT2D eigenvalue weighted by Crippen LogP contribution is 2.19. The summed E-state index contributed by atoms with van der Waals surface area (Å²) in [7, 11) is 0. The Bertz CT molecular complexity index is 528. The molecule has 0 spiro atoms. The Labute approximate surface area is 144 Å². The Morgan fingerprint density at radius 2 is 1.96 bits per heavy atom. The van der Waals surface area contributed by atoms with Gasteiger partial charge in [0.1, 0.15) is 5.75 Å². The van der Waals surface area contributed by atoms with Crippen LogP contribution in [0.3, 0.4) is 0 Å². The van der Waals surface area contributed by atoms with Gasteiger partial charge in [0.25, 0.3) is 5.91 Å². The van der Waals surface area contributed by atoms with Crippen molar-refractivity contribution >= 4 is 23.2 Å². The number of hydrogen-bond acceptors (Lipinski definition) is 3. The zero-order valence-corrected chi connectivity index (χ0v) is 14.7. The fraction of sp³-hybridized carbons (Fsp3) is 0.556. The number of rotatable bonds is 7. The fourth-order valence-electron chi connectivity index (χ4n) is 2.65. The van der Waals surface area contributed by atoms with Gasteiger partial charge in [0.15, 0.2) is 5.11 Å². The number of amides is 1. The minimum absolute atomic E-state index is 0.189. The summed E-state index contributed by atoms with van der Waals surface area (Å²) in [5.74, 6) is 0.441. The van der Waals surface area contributed by atoms with E-state index in [4.69, 9.17) is 17.0 Å². The molecule has 1 aliphatic heterocycles. The number of unbranched alkanes of at least 4 members (excludes halogenated alkanes) is 3. The van der Waals surface area contributed by atoms with Gasteiger partial charge in [0.2, 0.25) is 0 Å². The Balaban J connectivity index is 1.90. The van der Waals surface area contributed by atoms with Crippen LogP contribution in [-0.4, -0.2) is 35.6 Å². The van der Waals surface area contributed by atoms with Crippen LogP contribution in [-0.2, 0) is 0 Å². The van der Waals surface area contributed by atoms with E-state index in [0.29, 0.717) is 23.0 Å². The molecule has 0 radical (unpaired) electrons. The average molecular weight is 334 g/mol. The van der Waals surface area contributed by atoms with Crippen LogP contribution < -0.4 is 10.1 Å². The highest BCUT2D eigenvalue weighted by Gasteiger charge is 2.19. The zero-order valence-electron chi connectivity index (χ0n) is 13.8. The smallest absolute Gasteiger partial charge is 0.261 e. The summed E-state index contributed by atoms with van der Waals surface area (Å²) in [6, 6.07) is 7.35. The maximum atomic E-state index is 12.5. The minimum Gasteiger partial charge on any atom is -0.493 e. The molecule has 1 heterocycles. The number of carbonyl (C=O) groups is 1. The molecule has 1 fully saturated rings. The van der Waals surface area contributed by atoms with Crippen molar-refractivity contribution in [3.63, 3.8) is 0 Å². The number of thiocarbonyl (C=S) groups is 1. The van der Waals surface area contributed by atoms with Gasteiger partial charge in [0, 0.05) is 13.1 Å². The summed E-state index contributed by atoms with van der Waals surface area (Å²) in [4.78, 5) is 14.5. The third kappa shape index (κ3) is 5.50. The summed E-state index contributed by atoms with van der Waals surface area (Å²) in [6.07, 6.45) is 6.85. The first-order chi connectivity index (χ1) is 11.2. The van der Waals surface area contributed by atoms with Gasteiger partial charge in [-0.3, -0.25) is 10.1 Å².